The number of aryl methyl sites for hydroxylation is 1. The first-order chi connectivity index (χ1) is 13.9. The van der Waals surface area contributed by atoms with E-state index in [1.165, 1.54) is 11.8 Å². The molecule has 0 saturated carbocycles. The van der Waals surface area contributed by atoms with Gasteiger partial charge in [-0.05, 0) is 37.6 Å². The molecule has 0 aliphatic heterocycles. The molecule has 2 aromatic carbocycles. The van der Waals surface area contributed by atoms with Crippen LogP contribution >= 0.6 is 23.4 Å². The van der Waals surface area contributed by atoms with Gasteiger partial charge in [-0.15, -0.1) is 11.8 Å². The molecule has 7 nitrogen and oxygen atoms in total. The van der Waals surface area contributed by atoms with Gasteiger partial charge >= 0.3 is 0 Å². The number of nitrogens with zero attached hydrogens (tertiary/aromatic N) is 3. The molecule has 0 aliphatic rings. The molecule has 0 bridgehead atoms. The Morgan fingerprint density at radius 2 is 1.79 bits per heavy atom. The smallest absolute Gasteiger partial charge is 0.237 e. The zero-order chi connectivity index (χ0) is 20.8. The van der Waals surface area contributed by atoms with Gasteiger partial charge in [0.2, 0.25) is 17.8 Å². The predicted octanol–water partition coefficient (Wildman–Crippen LogP) is 4.42. The molecule has 3 aromatic rings. The van der Waals surface area contributed by atoms with E-state index in [0.717, 1.165) is 11.3 Å². The van der Waals surface area contributed by atoms with Crippen molar-refractivity contribution in [3.8, 4) is 0 Å². The van der Waals surface area contributed by atoms with Crippen molar-refractivity contribution in [1.82, 2.24) is 15.0 Å². The van der Waals surface area contributed by atoms with Crippen molar-refractivity contribution in [2.75, 3.05) is 16.4 Å². The number of nitrogens with one attached hydrogen (secondary N) is 2. The van der Waals surface area contributed by atoms with Crippen LogP contribution in [0, 0.1) is 6.92 Å². The second-order valence-electron chi connectivity index (χ2n) is 6.30. The number of anilines is 4. The zero-order valence-electron chi connectivity index (χ0n) is 16.0. The van der Waals surface area contributed by atoms with Crippen LogP contribution < -0.4 is 16.4 Å². The molecule has 1 unspecified atom stereocenters. The lowest BCUT2D eigenvalue weighted by atomic mass is 10.2. The summed E-state index contributed by atoms with van der Waals surface area (Å²) in [5.41, 5.74) is 8.37. The Bertz CT molecular complexity index is 1020. The first-order valence-corrected chi connectivity index (χ1v) is 10.3. The van der Waals surface area contributed by atoms with Crippen LogP contribution in [-0.2, 0) is 10.5 Å². The summed E-state index contributed by atoms with van der Waals surface area (Å²) >= 11 is 7.49. The van der Waals surface area contributed by atoms with Crippen LogP contribution in [0.5, 0.6) is 0 Å². The second kappa shape index (κ2) is 9.58. The first kappa shape index (κ1) is 20.9. The molecule has 1 heterocycles. The topological polar surface area (TPSA) is 106 Å². The fourth-order valence-corrected chi connectivity index (χ4v) is 3.39. The molecule has 0 fully saturated rings. The molecule has 1 aromatic heterocycles. The molecule has 1 amide bonds. The summed E-state index contributed by atoms with van der Waals surface area (Å²) in [6.07, 6.45) is 0. The lowest BCUT2D eigenvalue weighted by Crippen LogP contribution is -2.23. The monoisotopic (exact) mass is 428 g/mol. The number of thioether (sulfide) groups is 1. The fraction of sp³-hybridized carbons (Fsp3) is 0.200. The van der Waals surface area contributed by atoms with E-state index in [2.05, 4.69) is 25.6 Å². The van der Waals surface area contributed by atoms with Crippen molar-refractivity contribution < 1.29 is 4.79 Å². The van der Waals surface area contributed by atoms with Gasteiger partial charge in [0.05, 0.1) is 21.7 Å². The molecule has 0 radical (unpaired) electrons. The highest BCUT2D eigenvalue weighted by molar-refractivity contribution is 7.99. The lowest BCUT2D eigenvalue weighted by Gasteiger charge is -2.13. The van der Waals surface area contributed by atoms with Crippen molar-refractivity contribution >= 4 is 52.5 Å². The second-order valence-corrected chi connectivity index (χ2v) is 8.03. The number of para-hydroxylation sites is 2. The van der Waals surface area contributed by atoms with Gasteiger partial charge in [-0.25, -0.2) is 0 Å². The molecule has 1 atom stereocenters. The molecule has 4 N–H and O–H groups in total. The van der Waals surface area contributed by atoms with Crippen molar-refractivity contribution in [3.05, 3.63) is 64.9 Å². The largest absolute Gasteiger partial charge is 0.368 e. The van der Waals surface area contributed by atoms with E-state index in [1.54, 1.807) is 12.1 Å². The average Bonchev–Trinajstić information content (AvgIpc) is 2.69. The summed E-state index contributed by atoms with van der Waals surface area (Å²) in [5, 5.41) is 6.14. The first-order valence-electron chi connectivity index (χ1n) is 8.92. The fourth-order valence-electron chi connectivity index (χ4n) is 2.46. The third kappa shape index (κ3) is 5.82. The van der Waals surface area contributed by atoms with Crippen LogP contribution in [0.3, 0.4) is 0 Å². The van der Waals surface area contributed by atoms with E-state index < -0.39 is 0 Å². The van der Waals surface area contributed by atoms with Crippen molar-refractivity contribution in [2.24, 2.45) is 0 Å². The van der Waals surface area contributed by atoms with Gasteiger partial charge in [-0.1, -0.05) is 41.9 Å². The van der Waals surface area contributed by atoms with Gasteiger partial charge < -0.3 is 16.4 Å². The highest BCUT2D eigenvalue weighted by atomic mass is 35.5. The molecular weight excluding hydrogens is 408 g/mol. The summed E-state index contributed by atoms with van der Waals surface area (Å²) in [4.78, 5) is 25.1. The van der Waals surface area contributed by atoms with Crippen molar-refractivity contribution in [2.45, 2.75) is 24.9 Å². The number of carbonyl (C=O) groups excluding carboxylic acids is 1. The summed E-state index contributed by atoms with van der Waals surface area (Å²) in [6, 6.07) is 14.9. The number of hydrogen-bond acceptors (Lipinski definition) is 7. The molecule has 0 spiro atoms. The van der Waals surface area contributed by atoms with Crippen LogP contribution in [-0.4, -0.2) is 26.1 Å². The number of nitrogens with two attached hydrogens (primary N) is 1. The minimum atomic E-state index is -0.336. The molecule has 29 heavy (non-hydrogen) atoms. The molecule has 9 heteroatoms. The maximum atomic E-state index is 12.4. The average molecular weight is 429 g/mol. The number of halogens is 1. The quantitative estimate of drug-likeness (QED) is 0.511. The minimum Gasteiger partial charge on any atom is -0.368 e. The number of rotatable bonds is 7. The third-order valence-corrected chi connectivity index (χ3v) is 5.52. The number of aromatic nitrogens is 3. The van der Waals surface area contributed by atoms with Crippen LogP contribution in [0.2, 0.25) is 5.02 Å². The van der Waals surface area contributed by atoms with Gasteiger partial charge in [0, 0.05) is 5.69 Å². The standard InChI is InChI=1S/C20H21ClN6OS/c1-12-7-3-5-9-15(12)24-20-26-17(25-19(22)27-20)11-29-13(2)18(28)23-16-10-6-4-8-14(16)21/h3-10,13H,11H2,1-2H3,(H,23,28)(H3,22,24,25,26,27). The Morgan fingerprint density at radius 3 is 2.52 bits per heavy atom. The van der Waals surface area contributed by atoms with Gasteiger partial charge in [0.1, 0.15) is 5.82 Å². The lowest BCUT2D eigenvalue weighted by molar-refractivity contribution is -0.115. The molecule has 3 rings (SSSR count). The van der Waals surface area contributed by atoms with Crippen LogP contribution in [0.4, 0.5) is 23.3 Å². The Balaban J connectivity index is 1.62. The number of nitrogen functional groups attached to an aromatic ring is 1. The Morgan fingerprint density at radius 1 is 1.10 bits per heavy atom. The normalized spacial score (nSPS) is 11.7. The Labute approximate surface area is 178 Å². The van der Waals surface area contributed by atoms with Crippen LogP contribution in [0.1, 0.15) is 18.3 Å². The minimum absolute atomic E-state index is 0.125. The molecule has 0 aliphatic carbocycles. The zero-order valence-corrected chi connectivity index (χ0v) is 17.6. The van der Waals surface area contributed by atoms with Crippen LogP contribution in [0.15, 0.2) is 48.5 Å². The number of hydrogen-bond donors (Lipinski definition) is 3. The number of amides is 1. The summed E-state index contributed by atoms with van der Waals surface area (Å²) in [6.45, 7) is 3.80. The summed E-state index contributed by atoms with van der Waals surface area (Å²) in [5.74, 6) is 1.25. The number of carbonyl (C=O) groups is 1. The van der Waals surface area contributed by atoms with Crippen molar-refractivity contribution in [1.29, 1.82) is 0 Å². The molecule has 150 valence electrons. The van der Waals surface area contributed by atoms with Gasteiger partial charge in [0.15, 0.2) is 0 Å². The Hall–Kier alpha value is -2.84. The maximum Gasteiger partial charge on any atom is 0.237 e. The van der Waals surface area contributed by atoms with Crippen LogP contribution in [0.25, 0.3) is 0 Å². The van der Waals surface area contributed by atoms with E-state index in [9.17, 15) is 4.79 Å². The molecular formula is C20H21ClN6OS. The van der Waals surface area contributed by atoms with Gasteiger partial charge in [-0.2, -0.15) is 15.0 Å². The van der Waals surface area contributed by atoms with E-state index in [4.69, 9.17) is 17.3 Å². The highest BCUT2D eigenvalue weighted by Crippen LogP contribution is 2.24. The van der Waals surface area contributed by atoms with E-state index in [-0.39, 0.29) is 17.1 Å². The summed E-state index contributed by atoms with van der Waals surface area (Å²) in [7, 11) is 0. The van der Waals surface area contributed by atoms with Crippen molar-refractivity contribution in [3.63, 3.8) is 0 Å². The maximum absolute atomic E-state index is 12.4. The van der Waals surface area contributed by atoms with E-state index >= 15 is 0 Å². The van der Waals surface area contributed by atoms with Gasteiger partial charge in [0.25, 0.3) is 0 Å². The SMILES string of the molecule is Cc1ccccc1Nc1nc(N)nc(CSC(C)C(=O)Nc2ccccc2Cl)n1. The Kier molecular flexibility index (Phi) is 6.90. The third-order valence-electron chi connectivity index (χ3n) is 4.05. The molecule has 0 saturated heterocycles. The number of benzene rings is 2. The predicted molar refractivity (Wildman–Crippen MR) is 120 cm³/mol. The van der Waals surface area contributed by atoms with E-state index in [1.807, 2.05) is 50.2 Å². The van der Waals surface area contributed by atoms with E-state index in [0.29, 0.717) is 28.2 Å². The highest BCUT2D eigenvalue weighted by Gasteiger charge is 2.16. The summed E-state index contributed by atoms with van der Waals surface area (Å²) < 4.78 is 0. The van der Waals surface area contributed by atoms with Gasteiger partial charge in [-0.3, -0.25) is 4.79 Å².